The van der Waals surface area contributed by atoms with Crippen molar-refractivity contribution in [1.29, 1.82) is 0 Å². The van der Waals surface area contributed by atoms with E-state index in [9.17, 15) is 32.1 Å². The number of rotatable bonds is 2. The first-order chi connectivity index (χ1) is 11.1. The zero-order valence-electron chi connectivity index (χ0n) is 12.2. The summed E-state index contributed by atoms with van der Waals surface area (Å²) in [6.45, 7) is 0. The topological polar surface area (TPSA) is 112 Å². The maximum Gasteiger partial charge on any atom is 0.280 e. The highest BCUT2D eigenvalue weighted by molar-refractivity contribution is 7.88. The van der Waals surface area contributed by atoms with E-state index >= 15 is 0 Å². The molecule has 2 fully saturated rings. The van der Waals surface area contributed by atoms with Crippen LogP contribution in [0, 0.1) is 11.7 Å². The highest BCUT2D eigenvalue weighted by atomic mass is 35.5. The molecular formula is C14H13ClFNO6S. The van der Waals surface area contributed by atoms with Gasteiger partial charge in [0.2, 0.25) is 5.91 Å². The van der Waals surface area contributed by atoms with E-state index in [0.29, 0.717) is 17.7 Å². The molecule has 1 aromatic carbocycles. The Balaban J connectivity index is 2.21. The summed E-state index contributed by atoms with van der Waals surface area (Å²) in [6, 6.07) is 1.50. The predicted octanol–water partition coefficient (Wildman–Crippen LogP) is 1.87. The van der Waals surface area contributed by atoms with E-state index < -0.39 is 49.9 Å². The van der Waals surface area contributed by atoms with Crippen LogP contribution < -0.4 is 4.90 Å². The molecule has 0 aromatic heterocycles. The molecule has 0 spiro atoms. The van der Waals surface area contributed by atoms with Crippen LogP contribution in [0.2, 0.25) is 5.02 Å². The number of phenols is 1. The van der Waals surface area contributed by atoms with Gasteiger partial charge < -0.3 is 5.11 Å². The molecule has 0 bridgehead atoms. The third kappa shape index (κ3) is 2.15. The van der Waals surface area contributed by atoms with Crippen molar-refractivity contribution in [2.75, 3.05) is 4.90 Å². The molecular weight excluding hydrogens is 365 g/mol. The second-order valence-electron chi connectivity index (χ2n) is 5.90. The van der Waals surface area contributed by atoms with Crippen molar-refractivity contribution < 1.29 is 32.1 Å². The van der Waals surface area contributed by atoms with Gasteiger partial charge in [0, 0.05) is 6.07 Å². The normalized spacial score (nSPS) is 27.5. The summed E-state index contributed by atoms with van der Waals surface area (Å²) in [6.07, 6.45) is 0.696. The summed E-state index contributed by atoms with van der Waals surface area (Å²) in [5.41, 5.74) is -0.593. The van der Waals surface area contributed by atoms with Crippen molar-refractivity contribution in [3.05, 3.63) is 23.0 Å². The number of nitrogens with zero attached hydrogens (tertiary/aromatic N) is 1. The molecule has 1 heterocycles. The summed E-state index contributed by atoms with van der Waals surface area (Å²) in [5, 5.41) is 9.30. The fourth-order valence-corrected chi connectivity index (χ4v) is 4.96. The average Bonchev–Trinajstić information content (AvgIpc) is 2.73. The Morgan fingerprint density at radius 3 is 2.54 bits per heavy atom. The highest BCUT2D eigenvalue weighted by Gasteiger charge is 2.67. The molecule has 3 rings (SSSR count). The molecule has 2 N–H and O–H groups in total. The Morgan fingerprint density at radius 1 is 1.29 bits per heavy atom. The molecule has 2 unspecified atom stereocenters. The summed E-state index contributed by atoms with van der Waals surface area (Å²) in [5.74, 6) is -5.04. The standard InChI is InChI=1S/C14H13ClFNO6S/c15-8-5-9(16)10(6-11(8)18)17-12(19)7-3-1-2-4-14(7,13(17)20)24(21,22)23/h5-7,18H,1-4H2,(H,21,22,23). The van der Waals surface area contributed by atoms with E-state index in [-0.39, 0.29) is 17.9 Å². The molecule has 0 radical (unpaired) electrons. The van der Waals surface area contributed by atoms with Crippen molar-refractivity contribution in [2.45, 2.75) is 30.4 Å². The predicted molar refractivity (Wildman–Crippen MR) is 81.8 cm³/mol. The first-order valence-corrected chi connectivity index (χ1v) is 8.96. The number of hydrogen-bond donors (Lipinski definition) is 2. The van der Waals surface area contributed by atoms with Gasteiger partial charge in [-0.1, -0.05) is 24.4 Å². The minimum Gasteiger partial charge on any atom is -0.506 e. The van der Waals surface area contributed by atoms with E-state index in [1.54, 1.807) is 0 Å². The number of hydrogen-bond acceptors (Lipinski definition) is 5. The van der Waals surface area contributed by atoms with E-state index in [1.807, 2.05) is 0 Å². The zero-order valence-corrected chi connectivity index (χ0v) is 13.8. The summed E-state index contributed by atoms with van der Waals surface area (Å²) < 4.78 is 45.3. The molecule has 10 heteroatoms. The van der Waals surface area contributed by atoms with Crippen molar-refractivity contribution in [3.8, 4) is 5.75 Å². The van der Waals surface area contributed by atoms with Gasteiger partial charge in [0.25, 0.3) is 16.0 Å². The van der Waals surface area contributed by atoms with Gasteiger partial charge in [0.15, 0.2) is 4.75 Å². The van der Waals surface area contributed by atoms with Crippen LogP contribution >= 0.6 is 11.6 Å². The Morgan fingerprint density at radius 2 is 1.96 bits per heavy atom. The van der Waals surface area contributed by atoms with E-state index in [0.717, 1.165) is 12.1 Å². The first kappa shape index (κ1) is 17.1. The number of imide groups is 1. The minimum absolute atomic E-state index is 0.0854. The first-order valence-electron chi connectivity index (χ1n) is 7.14. The third-order valence-electron chi connectivity index (χ3n) is 4.65. The van der Waals surface area contributed by atoms with Crippen molar-refractivity contribution >= 4 is 39.2 Å². The van der Waals surface area contributed by atoms with E-state index in [2.05, 4.69) is 0 Å². The molecule has 130 valence electrons. The number of carbonyl (C=O) groups is 2. The fourth-order valence-electron chi connectivity index (χ4n) is 3.51. The molecule has 1 saturated heterocycles. The van der Waals surface area contributed by atoms with Crippen LogP contribution in [0.5, 0.6) is 5.75 Å². The molecule has 2 amide bonds. The van der Waals surface area contributed by atoms with Crippen LogP contribution in [0.4, 0.5) is 10.1 Å². The van der Waals surface area contributed by atoms with Crippen molar-refractivity contribution in [2.24, 2.45) is 5.92 Å². The Bertz CT molecular complexity index is 857. The second kappa shape index (κ2) is 5.40. The maximum atomic E-state index is 14.2. The lowest BCUT2D eigenvalue weighted by atomic mass is 9.80. The molecule has 7 nitrogen and oxygen atoms in total. The lowest BCUT2D eigenvalue weighted by Gasteiger charge is -2.31. The molecule has 2 aliphatic rings. The number of fused-ring (bicyclic) bond motifs is 1. The molecule has 2 atom stereocenters. The SMILES string of the molecule is O=C1C2CCCCC2(S(=O)(=O)O)C(=O)N1c1cc(O)c(Cl)cc1F. The number of anilines is 1. The van der Waals surface area contributed by atoms with E-state index in [4.69, 9.17) is 11.6 Å². The number of phenolic OH excluding ortho intramolecular Hbond substituents is 1. The summed E-state index contributed by atoms with van der Waals surface area (Å²) in [7, 11) is -4.90. The number of carbonyl (C=O) groups excluding carboxylic acids is 2. The van der Waals surface area contributed by atoms with Crippen molar-refractivity contribution in [3.63, 3.8) is 0 Å². The van der Waals surface area contributed by atoms with Crippen LogP contribution in [0.1, 0.15) is 25.7 Å². The number of aromatic hydroxyl groups is 1. The molecule has 1 aromatic rings. The Hall–Kier alpha value is -1.71. The van der Waals surface area contributed by atoms with Crippen molar-refractivity contribution in [1.82, 2.24) is 0 Å². The Kier molecular flexibility index (Phi) is 3.85. The van der Waals surface area contributed by atoms with Gasteiger partial charge in [0.05, 0.1) is 16.6 Å². The van der Waals surface area contributed by atoms with Crippen LogP contribution in [0.25, 0.3) is 0 Å². The lowest BCUT2D eigenvalue weighted by Crippen LogP contribution is -2.51. The van der Waals surface area contributed by atoms with Gasteiger partial charge in [0.1, 0.15) is 11.6 Å². The molecule has 1 saturated carbocycles. The van der Waals surface area contributed by atoms with Gasteiger partial charge in [-0.2, -0.15) is 8.42 Å². The quantitative estimate of drug-likeness (QED) is 0.601. The maximum absolute atomic E-state index is 14.2. The lowest BCUT2D eigenvalue weighted by molar-refractivity contribution is -0.122. The largest absolute Gasteiger partial charge is 0.506 e. The fraction of sp³-hybridized carbons (Fsp3) is 0.429. The van der Waals surface area contributed by atoms with Crippen LogP contribution in [-0.4, -0.2) is 34.6 Å². The third-order valence-corrected chi connectivity index (χ3v) is 6.54. The molecule has 1 aliphatic heterocycles. The summed E-state index contributed by atoms with van der Waals surface area (Å²) in [4.78, 5) is 25.7. The van der Waals surface area contributed by atoms with Gasteiger partial charge in [-0.15, -0.1) is 0 Å². The number of halogens is 2. The molecule has 1 aliphatic carbocycles. The van der Waals surface area contributed by atoms with Gasteiger partial charge in [-0.05, 0) is 18.9 Å². The highest BCUT2D eigenvalue weighted by Crippen LogP contribution is 2.48. The smallest absolute Gasteiger partial charge is 0.280 e. The Labute approximate surface area is 141 Å². The minimum atomic E-state index is -4.90. The average molecular weight is 378 g/mol. The van der Waals surface area contributed by atoms with E-state index in [1.165, 1.54) is 0 Å². The molecule has 24 heavy (non-hydrogen) atoms. The number of benzene rings is 1. The zero-order chi connectivity index (χ0) is 17.9. The van der Waals surface area contributed by atoms with Crippen LogP contribution in [0.15, 0.2) is 12.1 Å². The van der Waals surface area contributed by atoms with Crippen LogP contribution in [0.3, 0.4) is 0 Å². The monoisotopic (exact) mass is 377 g/mol. The summed E-state index contributed by atoms with van der Waals surface area (Å²) >= 11 is 5.57. The van der Waals surface area contributed by atoms with Gasteiger partial charge in [-0.25, -0.2) is 9.29 Å². The number of amides is 2. The van der Waals surface area contributed by atoms with Gasteiger partial charge in [-0.3, -0.25) is 14.1 Å². The second-order valence-corrected chi connectivity index (χ2v) is 7.98. The van der Waals surface area contributed by atoms with Crippen LogP contribution in [-0.2, 0) is 19.7 Å². The van der Waals surface area contributed by atoms with Gasteiger partial charge >= 0.3 is 0 Å².